The van der Waals surface area contributed by atoms with Gasteiger partial charge < -0.3 is 5.32 Å². The molecule has 1 heterocycles. The van der Waals surface area contributed by atoms with E-state index in [-0.39, 0.29) is 17.8 Å². The van der Waals surface area contributed by atoms with Crippen molar-refractivity contribution < 1.29 is 9.18 Å². The molecule has 0 spiro atoms. The fraction of sp³-hybridized carbons (Fsp3) is 0.500. The molecule has 0 aromatic heterocycles. The number of rotatable bonds is 2. The highest BCUT2D eigenvalue weighted by Gasteiger charge is 2.22. The number of carbonyl (C=O) groups excluding carboxylic acids is 1. The van der Waals surface area contributed by atoms with Crippen molar-refractivity contribution in [2.24, 2.45) is 0 Å². The number of carbonyl (C=O) groups is 1. The molecule has 1 amide bonds. The first kappa shape index (κ1) is 14.3. The zero-order valence-electron chi connectivity index (χ0n) is 11.2. The van der Waals surface area contributed by atoms with Gasteiger partial charge in [0.15, 0.2) is 0 Å². The Hall–Kier alpha value is -1.13. The molecule has 0 aliphatic carbocycles. The van der Waals surface area contributed by atoms with Gasteiger partial charge in [0.2, 0.25) is 5.91 Å². The van der Waals surface area contributed by atoms with E-state index in [9.17, 15) is 9.18 Å². The average Bonchev–Trinajstić information content (AvgIpc) is 2.54. The number of halogens is 2. The zero-order chi connectivity index (χ0) is 14.0. The van der Waals surface area contributed by atoms with Crippen LogP contribution in [0.2, 0.25) is 5.02 Å². The first-order valence-electron chi connectivity index (χ1n) is 6.43. The molecule has 5 heteroatoms. The van der Waals surface area contributed by atoms with Gasteiger partial charge in [-0.1, -0.05) is 17.7 Å². The fourth-order valence-corrected chi connectivity index (χ4v) is 2.46. The van der Waals surface area contributed by atoms with Crippen molar-refractivity contribution in [2.45, 2.75) is 32.9 Å². The quantitative estimate of drug-likeness (QED) is 0.905. The Balaban J connectivity index is 2.20. The molecule has 1 aliphatic heterocycles. The lowest BCUT2D eigenvalue weighted by Gasteiger charge is -2.27. The Morgan fingerprint density at radius 1 is 1.53 bits per heavy atom. The number of benzene rings is 1. The molecule has 0 radical (unpaired) electrons. The summed E-state index contributed by atoms with van der Waals surface area (Å²) in [6.07, 6.45) is 0.440. The van der Waals surface area contributed by atoms with Gasteiger partial charge in [0.25, 0.3) is 0 Å². The van der Waals surface area contributed by atoms with Gasteiger partial charge in [0.1, 0.15) is 5.82 Å². The van der Waals surface area contributed by atoms with Crippen LogP contribution < -0.4 is 5.32 Å². The summed E-state index contributed by atoms with van der Waals surface area (Å²) in [6, 6.07) is 3.29. The standard InChI is InChI=1S/C14H18ClFN2O/c1-9-3-4-12(16)11(14(9)15)8-18-6-5-13(19)17-7-10(18)2/h3-4,10H,5-8H2,1-2H3,(H,17,19)/t10-/m0/s1. The van der Waals surface area contributed by atoms with Crippen molar-refractivity contribution in [3.8, 4) is 0 Å². The maximum atomic E-state index is 13.9. The van der Waals surface area contributed by atoms with Gasteiger partial charge >= 0.3 is 0 Å². The van der Waals surface area contributed by atoms with E-state index in [1.165, 1.54) is 6.07 Å². The molecular weight excluding hydrogens is 267 g/mol. The largest absolute Gasteiger partial charge is 0.355 e. The molecule has 104 valence electrons. The maximum Gasteiger partial charge on any atom is 0.221 e. The third-order valence-electron chi connectivity index (χ3n) is 3.58. The molecule has 1 aromatic rings. The highest BCUT2D eigenvalue weighted by atomic mass is 35.5. The summed E-state index contributed by atoms with van der Waals surface area (Å²) in [5, 5.41) is 3.33. The molecule has 0 unspecified atom stereocenters. The molecule has 1 N–H and O–H groups in total. The summed E-state index contributed by atoms with van der Waals surface area (Å²) in [6.45, 7) is 5.53. The number of nitrogens with zero attached hydrogens (tertiary/aromatic N) is 1. The van der Waals surface area contributed by atoms with Crippen LogP contribution in [-0.2, 0) is 11.3 Å². The second-order valence-corrected chi connectivity index (χ2v) is 5.41. The van der Waals surface area contributed by atoms with E-state index in [1.807, 2.05) is 13.8 Å². The number of aryl methyl sites for hydroxylation is 1. The van der Waals surface area contributed by atoms with Crippen LogP contribution in [0.1, 0.15) is 24.5 Å². The molecule has 0 saturated carbocycles. The van der Waals surface area contributed by atoms with Gasteiger partial charge in [-0.25, -0.2) is 4.39 Å². The number of hydrogen-bond acceptors (Lipinski definition) is 2. The van der Waals surface area contributed by atoms with Gasteiger partial charge in [-0.15, -0.1) is 0 Å². The van der Waals surface area contributed by atoms with Gasteiger partial charge in [-0.05, 0) is 25.5 Å². The minimum atomic E-state index is -0.286. The van der Waals surface area contributed by atoms with E-state index in [0.29, 0.717) is 36.6 Å². The van der Waals surface area contributed by atoms with Crippen LogP contribution in [0.15, 0.2) is 12.1 Å². The Labute approximate surface area is 117 Å². The molecule has 19 heavy (non-hydrogen) atoms. The number of hydrogen-bond donors (Lipinski definition) is 1. The van der Waals surface area contributed by atoms with E-state index in [0.717, 1.165) is 5.56 Å². The molecule has 1 saturated heterocycles. The van der Waals surface area contributed by atoms with Crippen LogP contribution in [0.4, 0.5) is 4.39 Å². The fourth-order valence-electron chi connectivity index (χ4n) is 2.24. The lowest BCUT2D eigenvalue weighted by Crippen LogP contribution is -2.37. The summed E-state index contributed by atoms with van der Waals surface area (Å²) in [7, 11) is 0. The van der Waals surface area contributed by atoms with Crippen molar-refractivity contribution in [2.75, 3.05) is 13.1 Å². The third kappa shape index (κ3) is 3.25. The molecule has 0 bridgehead atoms. The normalized spacial score (nSPS) is 21.1. The van der Waals surface area contributed by atoms with E-state index in [1.54, 1.807) is 6.07 Å². The lowest BCUT2D eigenvalue weighted by atomic mass is 10.1. The summed E-state index contributed by atoms with van der Waals surface area (Å²) in [5.41, 5.74) is 1.39. The molecular formula is C14H18ClFN2O. The van der Waals surface area contributed by atoms with Crippen molar-refractivity contribution in [1.82, 2.24) is 10.2 Å². The monoisotopic (exact) mass is 284 g/mol. The van der Waals surface area contributed by atoms with Crippen LogP contribution in [0.25, 0.3) is 0 Å². The topological polar surface area (TPSA) is 32.3 Å². The van der Waals surface area contributed by atoms with Crippen LogP contribution in [0.5, 0.6) is 0 Å². The van der Waals surface area contributed by atoms with Crippen molar-refractivity contribution in [1.29, 1.82) is 0 Å². The number of amides is 1. The maximum absolute atomic E-state index is 13.9. The summed E-state index contributed by atoms with van der Waals surface area (Å²) >= 11 is 6.19. The summed E-state index contributed by atoms with van der Waals surface area (Å²) in [4.78, 5) is 13.5. The highest BCUT2D eigenvalue weighted by Crippen LogP contribution is 2.25. The van der Waals surface area contributed by atoms with Gasteiger partial charge in [-0.3, -0.25) is 9.69 Å². The molecule has 2 rings (SSSR count). The van der Waals surface area contributed by atoms with E-state index < -0.39 is 0 Å². The zero-order valence-corrected chi connectivity index (χ0v) is 11.9. The summed E-state index contributed by atoms with van der Waals surface area (Å²) in [5.74, 6) is -0.239. The van der Waals surface area contributed by atoms with E-state index in [2.05, 4.69) is 10.2 Å². The van der Waals surface area contributed by atoms with Gasteiger partial charge in [0.05, 0.1) is 5.02 Å². The van der Waals surface area contributed by atoms with Gasteiger partial charge in [-0.2, -0.15) is 0 Å². The Morgan fingerprint density at radius 2 is 2.26 bits per heavy atom. The van der Waals surface area contributed by atoms with Gasteiger partial charge in [0, 0.05) is 37.7 Å². The predicted octanol–water partition coefficient (Wildman–Crippen LogP) is 2.50. The first-order valence-corrected chi connectivity index (χ1v) is 6.81. The Kier molecular flexibility index (Phi) is 4.42. The minimum Gasteiger partial charge on any atom is -0.355 e. The Bertz CT molecular complexity index is 493. The lowest BCUT2D eigenvalue weighted by molar-refractivity contribution is -0.120. The smallest absolute Gasteiger partial charge is 0.221 e. The average molecular weight is 285 g/mol. The van der Waals surface area contributed by atoms with Crippen LogP contribution >= 0.6 is 11.6 Å². The minimum absolute atomic E-state index is 0.0464. The predicted molar refractivity (Wildman–Crippen MR) is 73.6 cm³/mol. The second kappa shape index (κ2) is 5.88. The van der Waals surface area contributed by atoms with Crippen molar-refractivity contribution >= 4 is 17.5 Å². The number of nitrogens with one attached hydrogen (secondary N) is 1. The van der Waals surface area contributed by atoms with E-state index in [4.69, 9.17) is 11.6 Å². The Morgan fingerprint density at radius 3 is 3.00 bits per heavy atom. The van der Waals surface area contributed by atoms with Crippen LogP contribution in [0.3, 0.4) is 0 Å². The molecule has 1 aromatic carbocycles. The first-order chi connectivity index (χ1) is 8.99. The van der Waals surface area contributed by atoms with Crippen molar-refractivity contribution in [3.05, 3.63) is 34.1 Å². The van der Waals surface area contributed by atoms with Crippen LogP contribution in [0, 0.1) is 12.7 Å². The van der Waals surface area contributed by atoms with E-state index >= 15 is 0 Å². The van der Waals surface area contributed by atoms with Crippen LogP contribution in [-0.4, -0.2) is 29.9 Å². The van der Waals surface area contributed by atoms with Crippen molar-refractivity contribution in [3.63, 3.8) is 0 Å². The highest BCUT2D eigenvalue weighted by molar-refractivity contribution is 6.32. The molecule has 1 aliphatic rings. The molecule has 1 fully saturated rings. The second-order valence-electron chi connectivity index (χ2n) is 5.03. The molecule has 3 nitrogen and oxygen atoms in total. The summed E-state index contributed by atoms with van der Waals surface area (Å²) < 4.78 is 13.9. The SMILES string of the molecule is Cc1ccc(F)c(CN2CCC(=O)NC[C@@H]2C)c1Cl. The third-order valence-corrected chi connectivity index (χ3v) is 4.11. The molecule has 1 atom stereocenters.